The van der Waals surface area contributed by atoms with E-state index in [4.69, 9.17) is 5.11 Å². The Morgan fingerprint density at radius 2 is 2.35 bits per heavy atom. The quantitative estimate of drug-likeness (QED) is 0.770. The van der Waals surface area contributed by atoms with E-state index in [9.17, 15) is 13.6 Å². The molecule has 0 fully saturated rings. The highest BCUT2D eigenvalue weighted by Gasteiger charge is 2.41. The van der Waals surface area contributed by atoms with E-state index >= 15 is 0 Å². The highest BCUT2D eigenvalue weighted by atomic mass is 19.3. The maximum absolute atomic E-state index is 13.3. The Balaban J connectivity index is 2.72. The van der Waals surface area contributed by atoms with E-state index in [1.165, 1.54) is 13.8 Å². The molecule has 0 aliphatic heterocycles. The Labute approximate surface area is 96.2 Å². The third-order valence-electron chi connectivity index (χ3n) is 1.92. The number of aromatic nitrogens is 3. The second-order valence-corrected chi connectivity index (χ2v) is 3.44. The number of aliphatic hydroxyl groups is 1. The fraction of sp³-hybridized carbons (Fsp3) is 0.667. The standard InChI is InChI=1S/C9H13F2N3O3/c1-3-17-8(16)9(10,11)5-14-4-7(6(2)15)12-13-14/h4,6,15H,3,5H2,1-2H3. The smallest absolute Gasteiger partial charge is 0.379 e. The Morgan fingerprint density at radius 1 is 1.71 bits per heavy atom. The Morgan fingerprint density at radius 3 is 2.82 bits per heavy atom. The highest BCUT2D eigenvalue weighted by Crippen LogP contribution is 2.18. The number of hydrogen-bond acceptors (Lipinski definition) is 5. The minimum atomic E-state index is -3.67. The first-order chi connectivity index (χ1) is 7.86. The lowest BCUT2D eigenvalue weighted by Crippen LogP contribution is -2.35. The van der Waals surface area contributed by atoms with Crippen molar-refractivity contribution < 1.29 is 23.4 Å². The van der Waals surface area contributed by atoms with Gasteiger partial charge >= 0.3 is 11.9 Å². The van der Waals surface area contributed by atoms with Crippen LogP contribution in [0.2, 0.25) is 0 Å². The van der Waals surface area contributed by atoms with Crippen molar-refractivity contribution in [2.75, 3.05) is 6.61 Å². The summed E-state index contributed by atoms with van der Waals surface area (Å²) in [6.07, 6.45) is 0.248. The minimum absolute atomic E-state index is 0.120. The molecule has 1 aromatic heterocycles. The van der Waals surface area contributed by atoms with Crippen molar-refractivity contribution >= 4 is 5.97 Å². The van der Waals surface area contributed by atoms with E-state index in [-0.39, 0.29) is 12.3 Å². The third-order valence-corrected chi connectivity index (χ3v) is 1.92. The van der Waals surface area contributed by atoms with Crippen LogP contribution in [0.4, 0.5) is 8.78 Å². The average molecular weight is 249 g/mol. The van der Waals surface area contributed by atoms with Gasteiger partial charge in [0.1, 0.15) is 12.2 Å². The number of nitrogens with zero attached hydrogens (tertiary/aromatic N) is 3. The molecule has 0 aliphatic carbocycles. The summed E-state index contributed by atoms with van der Waals surface area (Å²) in [4.78, 5) is 10.9. The summed E-state index contributed by atoms with van der Waals surface area (Å²) in [5.74, 6) is -5.27. The lowest BCUT2D eigenvalue weighted by Gasteiger charge is -2.13. The molecule has 0 saturated heterocycles. The predicted octanol–water partition coefficient (Wildman–Crippen LogP) is 0.530. The van der Waals surface area contributed by atoms with Crippen molar-refractivity contribution in [3.8, 4) is 0 Å². The monoisotopic (exact) mass is 249 g/mol. The fourth-order valence-corrected chi connectivity index (χ4v) is 1.09. The van der Waals surface area contributed by atoms with Crippen molar-refractivity contribution in [3.05, 3.63) is 11.9 Å². The van der Waals surface area contributed by atoms with Crippen molar-refractivity contribution in [2.45, 2.75) is 32.4 Å². The van der Waals surface area contributed by atoms with Gasteiger partial charge in [-0.25, -0.2) is 9.48 Å². The van der Waals surface area contributed by atoms with E-state index in [0.717, 1.165) is 10.9 Å². The van der Waals surface area contributed by atoms with Crippen LogP contribution in [0.15, 0.2) is 6.20 Å². The first kappa shape index (κ1) is 13.5. The summed E-state index contributed by atoms with van der Waals surface area (Å²) in [6, 6.07) is 0. The summed E-state index contributed by atoms with van der Waals surface area (Å²) in [5, 5.41) is 16.0. The second kappa shape index (κ2) is 5.17. The summed E-state index contributed by atoms with van der Waals surface area (Å²) in [6.45, 7) is 1.78. The van der Waals surface area contributed by atoms with Crippen molar-refractivity contribution in [1.82, 2.24) is 15.0 Å². The maximum Gasteiger partial charge on any atom is 0.379 e. The zero-order valence-corrected chi connectivity index (χ0v) is 9.43. The number of rotatable bonds is 5. The normalized spacial score (nSPS) is 13.5. The molecule has 1 rings (SSSR count). The van der Waals surface area contributed by atoms with Gasteiger partial charge in [-0.15, -0.1) is 5.10 Å². The number of esters is 1. The molecule has 6 nitrogen and oxygen atoms in total. The molecule has 1 unspecified atom stereocenters. The molecule has 1 aromatic rings. The van der Waals surface area contributed by atoms with Crippen molar-refractivity contribution in [3.63, 3.8) is 0 Å². The van der Waals surface area contributed by atoms with Gasteiger partial charge in [0.15, 0.2) is 0 Å². The highest BCUT2D eigenvalue weighted by molar-refractivity contribution is 5.77. The van der Waals surface area contributed by atoms with Gasteiger partial charge in [0, 0.05) is 0 Å². The number of halogens is 2. The maximum atomic E-state index is 13.3. The molecule has 17 heavy (non-hydrogen) atoms. The second-order valence-electron chi connectivity index (χ2n) is 3.44. The number of carbonyl (C=O) groups excluding carboxylic acids is 1. The number of aliphatic hydroxyl groups excluding tert-OH is 1. The zero-order valence-electron chi connectivity index (χ0n) is 9.43. The van der Waals surface area contributed by atoms with Gasteiger partial charge in [-0.05, 0) is 13.8 Å². The van der Waals surface area contributed by atoms with E-state index in [1.807, 2.05) is 0 Å². The van der Waals surface area contributed by atoms with Crippen LogP contribution in [0.5, 0.6) is 0 Å². The number of ether oxygens (including phenoxy) is 1. The first-order valence-corrected chi connectivity index (χ1v) is 5.00. The molecule has 0 bridgehead atoms. The summed E-state index contributed by atoms with van der Waals surface area (Å²) < 4.78 is 31.6. The molecule has 8 heteroatoms. The lowest BCUT2D eigenvalue weighted by atomic mass is 10.3. The fourth-order valence-electron chi connectivity index (χ4n) is 1.09. The summed E-state index contributed by atoms with van der Waals surface area (Å²) in [7, 11) is 0. The van der Waals surface area contributed by atoms with Gasteiger partial charge in [-0.3, -0.25) is 0 Å². The van der Waals surface area contributed by atoms with Crippen LogP contribution in [0.3, 0.4) is 0 Å². The molecule has 0 spiro atoms. The number of alkyl halides is 2. The molecule has 96 valence electrons. The molecule has 0 saturated carbocycles. The van der Waals surface area contributed by atoms with Gasteiger partial charge in [0.25, 0.3) is 0 Å². The van der Waals surface area contributed by atoms with E-state index in [0.29, 0.717) is 0 Å². The molecular formula is C9H13F2N3O3. The zero-order chi connectivity index (χ0) is 13.1. The molecule has 1 N–H and O–H groups in total. The van der Waals surface area contributed by atoms with Crippen LogP contribution < -0.4 is 0 Å². The SMILES string of the molecule is CCOC(=O)C(F)(F)Cn1cc(C(C)O)nn1. The van der Waals surface area contributed by atoms with Crippen LogP contribution >= 0.6 is 0 Å². The Hall–Kier alpha value is -1.57. The molecule has 1 heterocycles. The Bertz CT molecular complexity index is 393. The summed E-state index contributed by atoms with van der Waals surface area (Å²) >= 11 is 0. The van der Waals surface area contributed by atoms with E-state index < -0.39 is 24.5 Å². The van der Waals surface area contributed by atoms with Gasteiger partial charge in [-0.2, -0.15) is 8.78 Å². The van der Waals surface area contributed by atoms with Crippen LogP contribution in [0, 0.1) is 0 Å². The molecular weight excluding hydrogens is 236 g/mol. The molecule has 0 aliphatic rings. The third kappa shape index (κ3) is 3.45. The lowest BCUT2D eigenvalue weighted by molar-refractivity contribution is -0.173. The molecule has 1 atom stereocenters. The summed E-state index contributed by atoms with van der Waals surface area (Å²) in [5.41, 5.74) is 0.157. The number of hydrogen-bond donors (Lipinski definition) is 1. The topological polar surface area (TPSA) is 77.2 Å². The predicted molar refractivity (Wildman–Crippen MR) is 52.2 cm³/mol. The van der Waals surface area contributed by atoms with E-state index in [1.54, 1.807) is 0 Å². The van der Waals surface area contributed by atoms with Gasteiger partial charge in [0.05, 0.1) is 18.9 Å². The van der Waals surface area contributed by atoms with Gasteiger partial charge < -0.3 is 9.84 Å². The van der Waals surface area contributed by atoms with Crippen LogP contribution in [-0.4, -0.2) is 38.6 Å². The van der Waals surface area contributed by atoms with Crippen LogP contribution in [-0.2, 0) is 16.1 Å². The van der Waals surface area contributed by atoms with Crippen molar-refractivity contribution in [1.29, 1.82) is 0 Å². The Kier molecular flexibility index (Phi) is 4.11. The largest absolute Gasteiger partial charge is 0.462 e. The first-order valence-electron chi connectivity index (χ1n) is 5.00. The molecule has 0 aromatic carbocycles. The molecule has 0 amide bonds. The van der Waals surface area contributed by atoms with Crippen LogP contribution in [0.1, 0.15) is 25.6 Å². The molecule has 0 radical (unpaired) electrons. The van der Waals surface area contributed by atoms with Gasteiger partial charge in [0.2, 0.25) is 0 Å². The van der Waals surface area contributed by atoms with Crippen LogP contribution in [0.25, 0.3) is 0 Å². The minimum Gasteiger partial charge on any atom is -0.462 e. The van der Waals surface area contributed by atoms with Gasteiger partial charge in [-0.1, -0.05) is 5.21 Å². The number of carbonyl (C=O) groups is 1. The van der Waals surface area contributed by atoms with E-state index in [2.05, 4.69) is 15.0 Å². The average Bonchev–Trinajstić information content (AvgIpc) is 2.66. The van der Waals surface area contributed by atoms with Crippen molar-refractivity contribution in [2.24, 2.45) is 0 Å².